The van der Waals surface area contributed by atoms with Crippen LogP contribution in [-0.2, 0) is 0 Å². The molecule has 8 nitrogen and oxygen atoms in total. The molecule has 9 heteroatoms. The number of anilines is 1. The summed E-state index contributed by atoms with van der Waals surface area (Å²) < 4.78 is 5.08. The van der Waals surface area contributed by atoms with Crippen molar-refractivity contribution in [1.82, 2.24) is 9.97 Å². The first kappa shape index (κ1) is 27.6. The van der Waals surface area contributed by atoms with Crippen LogP contribution in [0.15, 0.2) is 71.7 Å². The lowest BCUT2D eigenvalue weighted by Crippen LogP contribution is -2.23. The zero-order valence-corrected chi connectivity index (χ0v) is 21.4. The van der Waals surface area contributed by atoms with Crippen molar-refractivity contribution in [1.29, 1.82) is 0 Å². The molecule has 0 spiro atoms. The summed E-state index contributed by atoms with van der Waals surface area (Å²) in [6.45, 7) is 2.30. The number of fused-ring (bicyclic) bond motifs is 1. The summed E-state index contributed by atoms with van der Waals surface area (Å²) >= 11 is 0. The topological polar surface area (TPSA) is 127 Å². The molecule has 1 atom stereocenters. The molecule has 1 amide bonds. The molecule has 4 N–H and O–H groups in total. The normalized spacial score (nSPS) is 11.4. The number of ketones is 1. The zero-order chi connectivity index (χ0) is 25.7. The Bertz CT molecular complexity index is 1470. The van der Waals surface area contributed by atoms with E-state index in [1.54, 1.807) is 24.3 Å². The molecule has 192 valence electrons. The number of carbonyl (C=O) groups is 2. The number of pyridine rings is 2. The number of carbonyl (C=O) groups excluding carboxylic acids is 2. The van der Waals surface area contributed by atoms with Crippen LogP contribution in [-0.4, -0.2) is 35.3 Å². The van der Waals surface area contributed by atoms with Gasteiger partial charge in [0.15, 0.2) is 5.78 Å². The van der Waals surface area contributed by atoms with Crippen LogP contribution in [0.2, 0.25) is 0 Å². The van der Waals surface area contributed by atoms with E-state index < -0.39 is 11.5 Å². The van der Waals surface area contributed by atoms with Crippen molar-refractivity contribution in [2.75, 3.05) is 19.0 Å². The number of hydrogen-bond acceptors (Lipinski definition) is 6. The van der Waals surface area contributed by atoms with Crippen molar-refractivity contribution in [2.45, 2.75) is 25.7 Å². The van der Waals surface area contributed by atoms with Crippen LogP contribution in [0.4, 0.5) is 5.69 Å². The van der Waals surface area contributed by atoms with Gasteiger partial charge < -0.3 is 20.8 Å². The van der Waals surface area contributed by atoms with Gasteiger partial charge in [-0.1, -0.05) is 42.5 Å². The van der Waals surface area contributed by atoms with E-state index in [-0.39, 0.29) is 29.7 Å². The van der Waals surface area contributed by atoms with Gasteiger partial charge in [-0.3, -0.25) is 14.4 Å². The second-order valence-corrected chi connectivity index (χ2v) is 8.62. The molecule has 0 fully saturated rings. The summed E-state index contributed by atoms with van der Waals surface area (Å²) in [4.78, 5) is 45.6. The number of rotatable bonds is 9. The third-order valence-corrected chi connectivity index (χ3v) is 6.18. The third kappa shape index (κ3) is 6.41. The summed E-state index contributed by atoms with van der Waals surface area (Å²) in [6.07, 6.45) is 2.52. The fraction of sp³-hybridized carbons (Fsp3) is 0.214. The molecule has 2 heterocycles. The van der Waals surface area contributed by atoms with Gasteiger partial charge >= 0.3 is 0 Å². The molecule has 4 rings (SSSR count). The zero-order valence-electron chi connectivity index (χ0n) is 20.6. The molecule has 2 aromatic carbocycles. The molecule has 37 heavy (non-hydrogen) atoms. The number of ether oxygens (including phenoxy) is 1. The van der Waals surface area contributed by atoms with Crippen molar-refractivity contribution >= 4 is 40.7 Å². The Hall–Kier alpha value is -4.01. The van der Waals surface area contributed by atoms with Gasteiger partial charge in [0.25, 0.3) is 11.5 Å². The van der Waals surface area contributed by atoms with Crippen LogP contribution in [0.3, 0.4) is 0 Å². The monoisotopic (exact) mass is 520 g/mol. The van der Waals surface area contributed by atoms with Gasteiger partial charge in [0.1, 0.15) is 5.56 Å². The molecule has 0 saturated carbocycles. The second kappa shape index (κ2) is 12.3. The number of hydrogen-bond donors (Lipinski definition) is 3. The van der Waals surface area contributed by atoms with E-state index in [9.17, 15) is 14.4 Å². The van der Waals surface area contributed by atoms with Gasteiger partial charge in [-0.15, -0.1) is 12.4 Å². The SMILES string of the molecule is COc1cc2[nH]c(=O)c(C(=O)Nc3cc(C(=O)CC(CCN)c4ccccc4)ccc3C)cc2cn1.Cl. The number of nitrogens with zero attached hydrogens (tertiary/aromatic N) is 1. The quantitative estimate of drug-likeness (QED) is 0.276. The predicted molar refractivity (Wildman–Crippen MR) is 147 cm³/mol. The minimum absolute atomic E-state index is 0. The third-order valence-electron chi connectivity index (χ3n) is 6.18. The highest BCUT2D eigenvalue weighted by Gasteiger charge is 2.19. The van der Waals surface area contributed by atoms with E-state index in [1.807, 2.05) is 37.3 Å². The van der Waals surface area contributed by atoms with E-state index in [0.29, 0.717) is 47.4 Å². The number of nitrogens with one attached hydrogen (secondary N) is 2. The van der Waals surface area contributed by atoms with Crippen LogP contribution >= 0.6 is 12.4 Å². The molecule has 2 aromatic heterocycles. The molecule has 1 unspecified atom stereocenters. The summed E-state index contributed by atoms with van der Waals surface area (Å²) in [7, 11) is 1.48. The molecule has 0 aliphatic carbocycles. The summed E-state index contributed by atoms with van der Waals surface area (Å²) in [5.41, 5.74) is 8.50. The molecule has 0 aliphatic rings. The Balaban J connectivity index is 0.00000380. The van der Waals surface area contributed by atoms with E-state index in [2.05, 4.69) is 15.3 Å². The van der Waals surface area contributed by atoms with Crippen molar-refractivity contribution in [3.8, 4) is 5.88 Å². The number of benzene rings is 2. The number of amides is 1. The maximum Gasteiger partial charge on any atom is 0.261 e. The number of methoxy groups -OCH3 is 1. The van der Waals surface area contributed by atoms with Crippen LogP contribution in [0.25, 0.3) is 10.9 Å². The summed E-state index contributed by atoms with van der Waals surface area (Å²) in [5.74, 6) is -0.261. The number of nitrogens with two attached hydrogens (primary N) is 1. The fourth-order valence-corrected chi connectivity index (χ4v) is 4.14. The van der Waals surface area contributed by atoms with E-state index in [1.165, 1.54) is 19.4 Å². The first-order valence-corrected chi connectivity index (χ1v) is 11.7. The minimum atomic E-state index is -0.577. The number of halogens is 1. The lowest BCUT2D eigenvalue weighted by Gasteiger charge is -2.16. The van der Waals surface area contributed by atoms with Crippen molar-refractivity contribution in [3.05, 3.63) is 99.5 Å². The molecule has 0 saturated heterocycles. The van der Waals surface area contributed by atoms with E-state index in [0.717, 1.165) is 11.1 Å². The Labute approximate surface area is 220 Å². The summed E-state index contributed by atoms with van der Waals surface area (Å²) in [5, 5.41) is 3.37. The Morgan fingerprint density at radius 2 is 1.86 bits per heavy atom. The second-order valence-electron chi connectivity index (χ2n) is 8.62. The van der Waals surface area contributed by atoms with Crippen LogP contribution in [0, 0.1) is 6.92 Å². The molecular formula is C28H29ClN4O4. The van der Waals surface area contributed by atoms with Crippen LogP contribution in [0.1, 0.15) is 50.6 Å². The van der Waals surface area contributed by atoms with Gasteiger partial charge in [-0.2, -0.15) is 0 Å². The smallest absolute Gasteiger partial charge is 0.261 e. The molecular weight excluding hydrogens is 492 g/mol. The highest BCUT2D eigenvalue weighted by molar-refractivity contribution is 6.07. The number of aryl methyl sites for hydroxylation is 1. The molecule has 4 aromatic rings. The predicted octanol–water partition coefficient (Wildman–Crippen LogP) is 4.62. The number of H-pyrrole nitrogens is 1. The van der Waals surface area contributed by atoms with Gasteiger partial charge in [0.2, 0.25) is 5.88 Å². The Morgan fingerprint density at radius 1 is 1.11 bits per heavy atom. The van der Waals surface area contributed by atoms with Gasteiger partial charge in [-0.25, -0.2) is 4.98 Å². The largest absolute Gasteiger partial charge is 0.481 e. The highest BCUT2D eigenvalue weighted by Crippen LogP contribution is 2.26. The van der Waals surface area contributed by atoms with Crippen molar-refractivity contribution in [3.63, 3.8) is 0 Å². The van der Waals surface area contributed by atoms with E-state index >= 15 is 0 Å². The average molecular weight is 521 g/mol. The summed E-state index contributed by atoms with van der Waals surface area (Å²) in [6, 6.07) is 18.1. The first-order chi connectivity index (χ1) is 17.4. The highest BCUT2D eigenvalue weighted by atomic mass is 35.5. The van der Waals surface area contributed by atoms with Gasteiger partial charge in [-0.05, 0) is 49.1 Å². The number of Topliss-reactive ketones (excluding diaryl/α,β-unsaturated/α-hetero) is 1. The standard InChI is InChI=1S/C28H28N4O4.ClH/c1-17-8-9-20(25(33)14-19(10-11-29)18-6-4-3-5-7-18)13-23(17)31-27(34)22-12-21-16-30-26(36-2)15-24(21)32-28(22)35;/h3-9,12-13,15-16,19H,10-11,14,29H2,1-2H3,(H,31,34)(H,32,35);1H. The molecule has 0 radical (unpaired) electrons. The van der Waals surface area contributed by atoms with E-state index in [4.69, 9.17) is 10.5 Å². The van der Waals surface area contributed by atoms with Gasteiger partial charge in [0.05, 0.1) is 12.6 Å². The lowest BCUT2D eigenvalue weighted by atomic mass is 9.89. The fourth-order valence-electron chi connectivity index (χ4n) is 4.14. The number of aromatic amines is 1. The molecule has 0 bridgehead atoms. The maximum absolute atomic E-state index is 13.1. The average Bonchev–Trinajstić information content (AvgIpc) is 2.89. The lowest BCUT2D eigenvalue weighted by molar-refractivity contribution is 0.0970. The maximum atomic E-state index is 13.1. The Morgan fingerprint density at radius 3 is 2.57 bits per heavy atom. The van der Waals surface area contributed by atoms with Crippen LogP contribution < -0.4 is 21.3 Å². The first-order valence-electron chi connectivity index (χ1n) is 11.7. The van der Waals surface area contributed by atoms with Crippen molar-refractivity contribution in [2.24, 2.45) is 5.73 Å². The Kier molecular flexibility index (Phi) is 9.16. The van der Waals surface area contributed by atoms with Gasteiger partial charge in [0, 0.05) is 35.3 Å². The molecule has 0 aliphatic heterocycles. The van der Waals surface area contributed by atoms with Crippen LogP contribution in [0.5, 0.6) is 5.88 Å². The van der Waals surface area contributed by atoms with Crippen molar-refractivity contribution < 1.29 is 14.3 Å². The number of aromatic nitrogens is 2. The minimum Gasteiger partial charge on any atom is -0.481 e.